The van der Waals surface area contributed by atoms with Crippen LogP contribution in [-0.2, 0) is 11.2 Å². The number of benzene rings is 2. The second-order valence-electron chi connectivity index (χ2n) is 6.79. The molecule has 0 aliphatic carbocycles. The second-order valence-corrected chi connectivity index (χ2v) is 7.77. The number of aryl methyl sites for hydroxylation is 3. The third-order valence-electron chi connectivity index (χ3n) is 4.68. The molecule has 1 amide bonds. The lowest BCUT2D eigenvalue weighted by molar-refractivity contribution is -0.115. The molecule has 1 unspecified atom stereocenters. The number of rotatable bonds is 7. The topological polar surface area (TPSA) is 41.1 Å². The number of hydrogen-bond donors (Lipinski definition) is 2. The molecule has 3 rings (SSSR count). The highest BCUT2D eigenvalue weighted by Crippen LogP contribution is 2.26. The summed E-state index contributed by atoms with van der Waals surface area (Å²) < 4.78 is 0. The minimum Gasteiger partial charge on any atom is -0.325 e. The summed E-state index contributed by atoms with van der Waals surface area (Å²) in [5, 5.41) is 8.52. The fourth-order valence-electron chi connectivity index (χ4n) is 3.04. The molecule has 0 radical (unpaired) electrons. The van der Waals surface area contributed by atoms with Gasteiger partial charge in [0.05, 0.1) is 12.6 Å². The van der Waals surface area contributed by atoms with Crippen molar-refractivity contribution in [3.8, 4) is 0 Å². The molecule has 0 aliphatic heterocycles. The van der Waals surface area contributed by atoms with E-state index in [1.165, 1.54) is 16.0 Å². The zero-order chi connectivity index (χ0) is 19.2. The summed E-state index contributed by atoms with van der Waals surface area (Å²) in [6.45, 7) is 6.44. The van der Waals surface area contributed by atoms with Gasteiger partial charge in [-0.2, -0.15) is 0 Å². The standard InChI is InChI=1S/C23H26N2OS/c1-4-18-9-11-19(12-10-18)23(21-6-5-13-27-21)24-15-22(26)25-20-14-16(2)7-8-17(20)3/h5-14,23-24H,4,15H2,1-3H3,(H,25,26). The minimum absolute atomic E-state index is 0.0141. The van der Waals surface area contributed by atoms with Gasteiger partial charge in [0.2, 0.25) is 5.91 Å². The maximum absolute atomic E-state index is 12.5. The van der Waals surface area contributed by atoms with Crippen molar-refractivity contribution in [2.45, 2.75) is 33.2 Å². The maximum Gasteiger partial charge on any atom is 0.238 e. The van der Waals surface area contributed by atoms with Crippen LogP contribution in [0.5, 0.6) is 0 Å². The van der Waals surface area contributed by atoms with Crippen molar-refractivity contribution in [3.05, 3.63) is 87.1 Å². The van der Waals surface area contributed by atoms with E-state index in [0.717, 1.165) is 23.2 Å². The Morgan fingerprint density at radius 1 is 1.07 bits per heavy atom. The van der Waals surface area contributed by atoms with Crippen molar-refractivity contribution in [1.29, 1.82) is 0 Å². The molecule has 0 spiro atoms. The SMILES string of the molecule is CCc1ccc(C(NCC(=O)Nc2cc(C)ccc2C)c2cccs2)cc1. The van der Waals surface area contributed by atoms with Crippen molar-refractivity contribution in [1.82, 2.24) is 5.32 Å². The van der Waals surface area contributed by atoms with Gasteiger partial charge in [0.15, 0.2) is 0 Å². The van der Waals surface area contributed by atoms with Crippen LogP contribution in [0.4, 0.5) is 5.69 Å². The fraction of sp³-hybridized carbons (Fsp3) is 0.261. The highest BCUT2D eigenvalue weighted by atomic mass is 32.1. The molecule has 0 saturated carbocycles. The maximum atomic E-state index is 12.5. The van der Waals surface area contributed by atoms with E-state index in [1.807, 2.05) is 32.0 Å². The highest BCUT2D eigenvalue weighted by Gasteiger charge is 2.16. The first-order valence-corrected chi connectivity index (χ1v) is 10.2. The molecule has 0 fully saturated rings. The Labute approximate surface area is 165 Å². The quantitative estimate of drug-likeness (QED) is 0.590. The first-order chi connectivity index (χ1) is 13.1. The predicted octanol–water partition coefficient (Wildman–Crippen LogP) is 5.25. The van der Waals surface area contributed by atoms with E-state index in [0.29, 0.717) is 0 Å². The van der Waals surface area contributed by atoms with Crippen LogP contribution in [0.2, 0.25) is 0 Å². The van der Waals surface area contributed by atoms with E-state index in [1.54, 1.807) is 11.3 Å². The number of thiophene rings is 1. The average Bonchev–Trinajstić information content (AvgIpc) is 3.20. The van der Waals surface area contributed by atoms with Crippen LogP contribution in [0.1, 0.15) is 40.1 Å². The van der Waals surface area contributed by atoms with Gasteiger partial charge in [-0.1, -0.05) is 49.4 Å². The van der Waals surface area contributed by atoms with Crippen LogP contribution >= 0.6 is 11.3 Å². The van der Waals surface area contributed by atoms with Gasteiger partial charge >= 0.3 is 0 Å². The Kier molecular flexibility index (Phi) is 6.43. The van der Waals surface area contributed by atoms with Crippen molar-refractivity contribution in [2.24, 2.45) is 0 Å². The van der Waals surface area contributed by atoms with E-state index in [4.69, 9.17) is 0 Å². The van der Waals surface area contributed by atoms with Crippen molar-refractivity contribution < 1.29 is 4.79 Å². The molecule has 1 aromatic heterocycles. The minimum atomic E-state index is -0.0320. The number of carbonyl (C=O) groups excluding carboxylic acids is 1. The summed E-state index contributed by atoms with van der Waals surface area (Å²) in [4.78, 5) is 13.7. The molecule has 0 bridgehead atoms. The molecule has 27 heavy (non-hydrogen) atoms. The van der Waals surface area contributed by atoms with Crippen molar-refractivity contribution >= 4 is 22.9 Å². The highest BCUT2D eigenvalue weighted by molar-refractivity contribution is 7.10. The van der Waals surface area contributed by atoms with Crippen LogP contribution in [0, 0.1) is 13.8 Å². The smallest absolute Gasteiger partial charge is 0.238 e. The van der Waals surface area contributed by atoms with E-state index in [-0.39, 0.29) is 18.5 Å². The van der Waals surface area contributed by atoms with Crippen LogP contribution in [-0.4, -0.2) is 12.5 Å². The summed E-state index contributed by atoms with van der Waals surface area (Å²) in [7, 11) is 0. The van der Waals surface area contributed by atoms with Gasteiger partial charge in [0.25, 0.3) is 0 Å². The van der Waals surface area contributed by atoms with Crippen molar-refractivity contribution in [2.75, 3.05) is 11.9 Å². The van der Waals surface area contributed by atoms with Gasteiger partial charge in [0, 0.05) is 10.6 Å². The first-order valence-electron chi connectivity index (χ1n) is 9.29. The summed E-state index contributed by atoms with van der Waals surface area (Å²) >= 11 is 1.70. The lowest BCUT2D eigenvalue weighted by Gasteiger charge is -2.19. The van der Waals surface area contributed by atoms with Crippen LogP contribution < -0.4 is 10.6 Å². The predicted molar refractivity (Wildman–Crippen MR) is 115 cm³/mol. The van der Waals surface area contributed by atoms with Gasteiger partial charge < -0.3 is 5.32 Å². The molecule has 2 N–H and O–H groups in total. The Morgan fingerprint density at radius 3 is 2.52 bits per heavy atom. The molecule has 2 aromatic carbocycles. The Bertz CT molecular complexity index is 885. The van der Waals surface area contributed by atoms with Crippen molar-refractivity contribution in [3.63, 3.8) is 0 Å². The molecule has 3 aromatic rings. The molecule has 0 aliphatic rings. The van der Waals surface area contributed by atoms with Gasteiger partial charge in [-0.25, -0.2) is 0 Å². The van der Waals surface area contributed by atoms with E-state index >= 15 is 0 Å². The summed E-state index contributed by atoms with van der Waals surface area (Å²) in [5.74, 6) is -0.0320. The molecule has 3 nitrogen and oxygen atoms in total. The van der Waals surface area contributed by atoms with E-state index in [2.05, 4.69) is 59.3 Å². The van der Waals surface area contributed by atoms with Gasteiger partial charge in [-0.3, -0.25) is 10.1 Å². The Hall–Kier alpha value is -2.43. The van der Waals surface area contributed by atoms with Gasteiger partial charge in [-0.15, -0.1) is 11.3 Å². The molecule has 0 saturated heterocycles. The monoisotopic (exact) mass is 378 g/mol. The second kappa shape index (κ2) is 8.98. The largest absolute Gasteiger partial charge is 0.325 e. The summed E-state index contributed by atoms with van der Waals surface area (Å²) in [6, 6.07) is 18.9. The third-order valence-corrected chi connectivity index (χ3v) is 5.62. The molecule has 4 heteroatoms. The lowest BCUT2D eigenvalue weighted by Crippen LogP contribution is -2.31. The molecular weight excluding hydrogens is 352 g/mol. The van der Waals surface area contributed by atoms with E-state index < -0.39 is 0 Å². The van der Waals surface area contributed by atoms with Gasteiger partial charge in [-0.05, 0) is 60.0 Å². The Morgan fingerprint density at radius 2 is 1.85 bits per heavy atom. The van der Waals surface area contributed by atoms with Crippen LogP contribution in [0.3, 0.4) is 0 Å². The third kappa shape index (κ3) is 5.06. The number of anilines is 1. The average molecular weight is 379 g/mol. The number of carbonyl (C=O) groups is 1. The molecule has 140 valence electrons. The summed E-state index contributed by atoms with van der Waals surface area (Å²) in [5.41, 5.74) is 5.57. The van der Waals surface area contributed by atoms with E-state index in [9.17, 15) is 4.79 Å². The zero-order valence-electron chi connectivity index (χ0n) is 16.1. The lowest BCUT2D eigenvalue weighted by atomic mass is 10.0. The van der Waals surface area contributed by atoms with Crippen LogP contribution in [0.25, 0.3) is 0 Å². The molecule has 1 atom stereocenters. The van der Waals surface area contributed by atoms with Gasteiger partial charge in [0.1, 0.15) is 0 Å². The normalized spacial score (nSPS) is 12.0. The number of nitrogens with one attached hydrogen (secondary N) is 2. The Balaban J connectivity index is 1.71. The fourth-order valence-corrected chi connectivity index (χ4v) is 3.87. The number of hydrogen-bond acceptors (Lipinski definition) is 3. The number of amides is 1. The zero-order valence-corrected chi connectivity index (χ0v) is 16.9. The molecule has 1 heterocycles. The molecular formula is C23H26N2OS. The first kappa shape index (κ1) is 19.3. The van der Waals surface area contributed by atoms with Crippen LogP contribution in [0.15, 0.2) is 60.0 Å². The summed E-state index contributed by atoms with van der Waals surface area (Å²) in [6.07, 6.45) is 1.02.